The number of hydrogen-bond donors (Lipinski definition) is 0. The molecule has 0 aliphatic heterocycles. The van der Waals surface area contributed by atoms with E-state index in [9.17, 15) is 10.1 Å². The van der Waals surface area contributed by atoms with Crippen LogP contribution in [0.4, 0.5) is 5.82 Å². The highest BCUT2D eigenvalue weighted by Crippen LogP contribution is 2.33. The van der Waals surface area contributed by atoms with Gasteiger partial charge in [-0.15, -0.1) is 0 Å². The summed E-state index contributed by atoms with van der Waals surface area (Å²) in [4.78, 5) is 13.9. The second-order valence-electron chi connectivity index (χ2n) is 3.25. The molecule has 1 aromatic rings. The van der Waals surface area contributed by atoms with E-state index in [1.54, 1.807) is 6.07 Å². The Labute approximate surface area is 86.0 Å². The second kappa shape index (κ2) is 3.72. The molecule has 0 bridgehead atoms. The molecule has 1 fully saturated rings. The van der Waals surface area contributed by atoms with Crippen LogP contribution in [0.15, 0.2) is 12.1 Å². The molecule has 0 spiro atoms. The van der Waals surface area contributed by atoms with Crippen LogP contribution in [0, 0.1) is 10.1 Å². The van der Waals surface area contributed by atoms with Gasteiger partial charge in [-0.1, -0.05) is 0 Å². The van der Waals surface area contributed by atoms with Crippen LogP contribution in [-0.4, -0.2) is 23.1 Å². The zero-order chi connectivity index (χ0) is 10.8. The van der Waals surface area contributed by atoms with Crippen LogP contribution < -0.4 is 9.47 Å². The fraction of sp³-hybridized carbons (Fsp3) is 0.444. The van der Waals surface area contributed by atoms with Crippen molar-refractivity contribution in [3.63, 3.8) is 0 Å². The average Bonchev–Trinajstić information content (AvgIpc) is 3.02. The first-order valence-electron chi connectivity index (χ1n) is 4.57. The van der Waals surface area contributed by atoms with Gasteiger partial charge in [0.15, 0.2) is 0 Å². The summed E-state index contributed by atoms with van der Waals surface area (Å²) in [6, 6.07) is 3.06. The zero-order valence-corrected chi connectivity index (χ0v) is 8.17. The summed E-state index contributed by atoms with van der Waals surface area (Å²) in [5.74, 6) is 0.134. The van der Waals surface area contributed by atoms with Gasteiger partial charge in [0.05, 0.1) is 13.2 Å². The normalized spacial score (nSPS) is 14.7. The highest BCUT2D eigenvalue weighted by atomic mass is 16.6. The van der Waals surface area contributed by atoms with E-state index in [1.807, 2.05) is 0 Å². The number of ether oxygens (including phenoxy) is 2. The molecule has 0 amide bonds. The minimum Gasteiger partial charge on any atom is -0.482 e. The van der Waals surface area contributed by atoms with E-state index in [2.05, 4.69) is 4.98 Å². The Morgan fingerprint density at radius 2 is 2.27 bits per heavy atom. The van der Waals surface area contributed by atoms with Crippen molar-refractivity contribution in [3.8, 4) is 11.6 Å². The maximum Gasteiger partial charge on any atom is 0.409 e. The van der Waals surface area contributed by atoms with Crippen molar-refractivity contribution in [1.29, 1.82) is 0 Å². The first-order valence-corrected chi connectivity index (χ1v) is 4.57. The quantitative estimate of drug-likeness (QED) is 0.556. The predicted molar refractivity (Wildman–Crippen MR) is 51.1 cm³/mol. The molecule has 2 rings (SSSR count). The van der Waals surface area contributed by atoms with Gasteiger partial charge in [0.2, 0.25) is 5.75 Å². The Bertz CT molecular complexity index is 390. The van der Waals surface area contributed by atoms with Crippen molar-refractivity contribution in [2.24, 2.45) is 0 Å². The maximum atomic E-state index is 10.7. The second-order valence-corrected chi connectivity index (χ2v) is 3.25. The first kappa shape index (κ1) is 9.70. The summed E-state index contributed by atoms with van der Waals surface area (Å²) in [6.07, 6.45) is 2.01. The third kappa shape index (κ3) is 2.15. The lowest BCUT2D eigenvalue weighted by atomic mass is 10.4. The molecule has 0 saturated heterocycles. The molecule has 0 atom stereocenters. The van der Waals surface area contributed by atoms with Gasteiger partial charge < -0.3 is 19.6 Å². The molecule has 0 N–H and O–H groups in total. The molecule has 0 aromatic carbocycles. The minimum absolute atomic E-state index is 0.110. The van der Waals surface area contributed by atoms with Crippen LogP contribution in [0.5, 0.6) is 11.6 Å². The van der Waals surface area contributed by atoms with Crippen LogP contribution >= 0.6 is 0 Å². The third-order valence-electron chi connectivity index (χ3n) is 2.01. The van der Waals surface area contributed by atoms with Gasteiger partial charge in [-0.05, 0) is 23.8 Å². The molecular formula is C9H10N2O4. The topological polar surface area (TPSA) is 74.5 Å². The van der Waals surface area contributed by atoms with Gasteiger partial charge in [-0.3, -0.25) is 0 Å². The van der Waals surface area contributed by atoms with E-state index in [0.717, 1.165) is 12.8 Å². The van der Waals surface area contributed by atoms with Gasteiger partial charge in [-0.25, -0.2) is 0 Å². The van der Waals surface area contributed by atoms with Crippen LogP contribution in [0.3, 0.4) is 0 Å². The molecule has 6 nitrogen and oxygen atoms in total. The number of aromatic nitrogens is 1. The highest BCUT2D eigenvalue weighted by molar-refractivity contribution is 5.42. The molecule has 6 heteroatoms. The summed E-state index contributed by atoms with van der Waals surface area (Å²) in [7, 11) is 1.41. The monoisotopic (exact) mass is 210 g/mol. The third-order valence-corrected chi connectivity index (χ3v) is 2.01. The van der Waals surface area contributed by atoms with Crippen molar-refractivity contribution in [2.75, 3.05) is 7.11 Å². The van der Waals surface area contributed by atoms with E-state index in [0.29, 0.717) is 0 Å². The standard InChI is InChI=1S/C9H10N2O4/c1-14-8-5-4-7(15-6-2-3-6)9(10-8)11(12)13/h4-6H,2-3H2,1H3. The van der Waals surface area contributed by atoms with Crippen molar-refractivity contribution in [1.82, 2.24) is 4.98 Å². The fourth-order valence-corrected chi connectivity index (χ4v) is 1.12. The van der Waals surface area contributed by atoms with Gasteiger partial charge in [-0.2, -0.15) is 0 Å². The molecule has 80 valence electrons. The first-order chi connectivity index (χ1) is 7.20. The van der Waals surface area contributed by atoms with Gasteiger partial charge >= 0.3 is 11.7 Å². The smallest absolute Gasteiger partial charge is 0.409 e. The average molecular weight is 210 g/mol. The van der Waals surface area contributed by atoms with Crippen molar-refractivity contribution < 1.29 is 14.4 Å². The number of hydrogen-bond acceptors (Lipinski definition) is 5. The van der Waals surface area contributed by atoms with Crippen molar-refractivity contribution in [3.05, 3.63) is 22.2 Å². The van der Waals surface area contributed by atoms with E-state index < -0.39 is 4.92 Å². The number of nitrogens with zero attached hydrogens (tertiary/aromatic N) is 2. The molecule has 1 saturated carbocycles. The summed E-state index contributed by atoms with van der Waals surface area (Å²) in [5.41, 5.74) is 0. The Hall–Kier alpha value is -1.85. The van der Waals surface area contributed by atoms with Crippen LogP contribution in [0.25, 0.3) is 0 Å². The minimum atomic E-state index is -0.569. The molecule has 0 unspecified atom stereocenters. The van der Waals surface area contributed by atoms with E-state index in [4.69, 9.17) is 9.47 Å². The maximum absolute atomic E-state index is 10.7. The van der Waals surface area contributed by atoms with E-state index in [1.165, 1.54) is 13.2 Å². The Balaban J connectivity index is 2.29. The molecule has 1 aromatic heterocycles. The summed E-state index contributed by atoms with van der Waals surface area (Å²) < 4.78 is 10.2. The summed E-state index contributed by atoms with van der Waals surface area (Å²) in [6.45, 7) is 0. The number of methoxy groups -OCH3 is 1. The molecule has 1 aliphatic rings. The van der Waals surface area contributed by atoms with Crippen LogP contribution in [0.2, 0.25) is 0 Å². The molecule has 15 heavy (non-hydrogen) atoms. The van der Waals surface area contributed by atoms with Gasteiger partial charge in [0.25, 0.3) is 0 Å². The fourth-order valence-electron chi connectivity index (χ4n) is 1.12. The Kier molecular flexibility index (Phi) is 2.40. The number of nitro groups is 1. The van der Waals surface area contributed by atoms with E-state index in [-0.39, 0.29) is 23.6 Å². The van der Waals surface area contributed by atoms with Crippen molar-refractivity contribution in [2.45, 2.75) is 18.9 Å². The largest absolute Gasteiger partial charge is 0.482 e. The number of pyridine rings is 1. The van der Waals surface area contributed by atoms with Gasteiger partial charge in [0, 0.05) is 11.1 Å². The SMILES string of the molecule is COc1ccc(OC2CC2)c([N+](=O)[O-])n1. The Morgan fingerprint density at radius 3 is 2.80 bits per heavy atom. The van der Waals surface area contributed by atoms with Crippen molar-refractivity contribution >= 4 is 5.82 Å². The van der Waals surface area contributed by atoms with Crippen LogP contribution in [-0.2, 0) is 0 Å². The van der Waals surface area contributed by atoms with Gasteiger partial charge in [0.1, 0.15) is 0 Å². The lowest BCUT2D eigenvalue weighted by Crippen LogP contribution is -2.02. The molecule has 0 radical (unpaired) electrons. The highest BCUT2D eigenvalue weighted by Gasteiger charge is 2.28. The molecule has 1 heterocycles. The predicted octanol–water partition coefficient (Wildman–Crippen LogP) is 1.54. The molecular weight excluding hydrogens is 200 g/mol. The zero-order valence-electron chi connectivity index (χ0n) is 8.17. The Morgan fingerprint density at radius 1 is 1.53 bits per heavy atom. The summed E-state index contributed by atoms with van der Waals surface area (Å²) in [5, 5.41) is 10.7. The molecule has 1 aliphatic carbocycles. The number of rotatable bonds is 4. The summed E-state index contributed by atoms with van der Waals surface area (Å²) >= 11 is 0. The lowest BCUT2D eigenvalue weighted by Gasteiger charge is -2.04. The van der Waals surface area contributed by atoms with E-state index >= 15 is 0 Å². The van der Waals surface area contributed by atoms with Crippen LogP contribution in [0.1, 0.15) is 12.8 Å². The lowest BCUT2D eigenvalue weighted by molar-refractivity contribution is -0.390.